The Morgan fingerprint density at radius 1 is 1.39 bits per heavy atom. The molecule has 0 spiro atoms. The first-order chi connectivity index (χ1) is 8.78. The van der Waals surface area contributed by atoms with Gasteiger partial charge in [-0.2, -0.15) is 0 Å². The molecule has 2 nitrogen and oxygen atoms in total. The highest BCUT2D eigenvalue weighted by molar-refractivity contribution is 7.14. The molecule has 4 heteroatoms. The quantitative estimate of drug-likeness (QED) is 0.763. The van der Waals surface area contributed by atoms with Gasteiger partial charge in [-0.25, -0.2) is 0 Å². The topological polar surface area (TPSA) is 20.3 Å². The summed E-state index contributed by atoms with van der Waals surface area (Å²) in [4.78, 5) is 16.8. The smallest absolute Gasteiger partial charge is 0.263 e. The van der Waals surface area contributed by atoms with Crippen molar-refractivity contribution in [2.24, 2.45) is 5.92 Å². The second kappa shape index (κ2) is 5.22. The van der Waals surface area contributed by atoms with E-state index in [0.717, 1.165) is 43.1 Å². The highest BCUT2D eigenvalue weighted by atomic mass is 35.5. The van der Waals surface area contributed by atoms with Crippen LogP contribution in [-0.2, 0) is 12.8 Å². The lowest BCUT2D eigenvalue weighted by Crippen LogP contribution is -2.38. The summed E-state index contributed by atoms with van der Waals surface area (Å²) in [5.74, 6) is 1.57. The molecule has 3 rings (SSSR count). The molecule has 0 atom stereocenters. The first-order valence-electron chi connectivity index (χ1n) is 6.74. The Labute approximate surface area is 117 Å². The minimum Gasteiger partial charge on any atom is -0.338 e. The lowest BCUT2D eigenvalue weighted by atomic mass is 9.99. The minimum absolute atomic E-state index is 0.238. The fourth-order valence-corrected chi connectivity index (χ4v) is 4.41. The molecule has 1 aliphatic carbocycles. The van der Waals surface area contributed by atoms with Crippen LogP contribution in [0.15, 0.2) is 6.07 Å². The van der Waals surface area contributed by atoms with Crippen molar-refractivity contribution in [3.05, 3.63) is 21.4 Å². The molecule has 0 radical (unpaired) electrons. The third-order valence-electron chi connectivity index (χ3n) is 4.08. The zero-order valence-corrected chi connectivity index (χ0v) is 12.0. The highest BCUT2D eigenvalue weighted by Gasteiger charge is 2.25. The molecule has 1 amide bonds. The lowest BCUT2D eigenvalue weighted by Gasteiger charge is -2.30. The van der Waals surface area contributed by atoms with Crippen LogP contribution in [0.25, 0.3) is 0 Å². The van der Waals surface area contributed by atoms with Gasteiger partial charge in [0, 0.05) is 23.8 Å². The van der Waals surface area contributed by atoms with Gasteiger partial charge in [-0.3, -0.25) is 4.79 Å². The number of halogens is 1. The van der Waals surface area contributed by atoms with Gasteiger partial charge in [0.05, 0.1) is 4.88 Å². The lowest BCUT2D eigenvalue weighted by molar-refractivity contribution is 0.0703. The van der Waals surface area contributed by atoms with E-state index in [-0.39, 0.29) is 5.91 Å². The number of rotatable bonds is 2. The number of piperidine rings is 1. The third kappa shape index (κ3) is 2.30. The van der Waals surface area contributed by atoms with Crippen LogP contribution in [-0.4, -0.2) is 29.8 Å². The molecule has 1 aliphatic heterocycles. The summed E-state index contributed by atoms with van der Waals surface area (Å²) < 4.78 is 0. The van der Waals surface area contributed by atoms with Crippen molar-refractivity contribution < 1.29 is 4.79 Å². The molecule has 1 aromatic heterocycles. The highest BCUT2D eigenvalue weighted by Crippen LogP contribution is 2.32. The number of alkyl halides is 1. The Hall–Kier alpha value is -0.540. The fraction of sp³-hybridized carbons (Fsp3) is 0.643. The van der Waals surface area contributed by atoms with Gasteiger partial charge in [0.2, 0.25) is 0 Å². The number of thiophene rings is 1. The van der Waals surface area contributed by atoms with Crippen molar-refractivity contribution >= 4 is 28.8 Å². The van der Waals surface area contributed by atoms with Gasteiger partial charge in [-0.15, -0.1) is 22.9 Å². The molecule has 0 aromatic carbocycles. The molecular weight excluding hydrogens is 266 g/mol. The number of amides is 1. The Morgan fingerprint density at radius 2 is 2.17 bits per heavy atom. The van der Waals surface area contributed by atoms with Gasteiger partial charge in [0.1, 0.15) is 0 Å². The average Bonchev–Trinajstić information content (AvgIpc) is 2.99. The van der Waals surface area contributed by atoms with Crippen molar-refractivity contribution in [1.29, 1.82) is 0 Å². The summed E-state index contributed by atoms with van der Waals surface area (Å²) in [6.45, 7) is 1.75. The predicted molar refractivity (Wildman–Crippen MR) is 75.7 cm³/mol. The number of carbonyl (C=O) groups excluding carboxylic acids is 1. The van der Waals surface area contributed by atoms with E-state index in [2.05, 4.69) is 6.07 Å². The van der Waals surface area contributed by atoms with Crippen LogP contribution in [0.4, 0.5) is 0 Å². The summed E-state index contributed by atoms with van der Waals surface area (Å²) in [5, 5.41) is 0. The normalized spacial score (nSPS) is 20.2. The van der Waals surface area contributed by atoms with Crippen LogP contribution >= 0.6 is 22.9 Å². The maximum Gasteiger partial charge on any atom is 0.263 e. The minimum atomic E-state index is 0.238. The zero-order chi connectivity index (χ0) is 12.5. The average molecular weight is 284 g/mol. The van der Waals surface area contributed by atoms with E-state index in [1.807, 2.05) is 4.90 Å². The molecule has 0 N–H and O–H groups in total. The van der Waals surface area contributed by atoms with Gasteiger partial charge in [0.15, 0.2) is 0 Å². The maximum absolute atomic E-state index is 12.4. The first kappa shape index (κ1) is 12.5. The van der Waals surface area contributed by atoms with Crippen molar-refractivity contribution in [2.45, 2.75) is 32.1 Å². The van der Waals surface area contributed by atoms with E-state index in [9.17, 15) is 4.79 Å². The van der Waals surface area contributed by atoms with Crippen LogP contribution < -0.4 is 0 Å². The molecular formula is C14H18ClNOS. The third-order valence-corrected chi connectivity index (χ3v) is 5.74. The molecule has 1 aromatic rings. The summed E-state index contributed by atoms with van der Waals surface area (Å²) in [7, 11) is 0. The Morgan fingerprint density at radius 3 is 2.83 bits per heavy atom. The van der Waals surface area contributed by atoms with Crippen LogP contribution in [0.1, 0.15) is 39.4 Å². The Kier molecular flexibility index (Phi) is 3.62. The standard InChI is InChI=1S/C14H18ClNOS/c15-9-10-4-6-16(7-5-10)14(17)13-8-11-2-1-3-12(11)18-13/h8,10H,1-7,9H2. The van der Waals surface area contributed by atoms with E-state index in [1.54, 1.807) is 11.3 Å². The molecule has 2 heterocycles. The summed E-state index contributed by atoms with van der Waals surface area (Å²) in [6, 6.07) is 2.13. The van der Waals surface area contributed by atoms with Crippen molar-refractivity contribution in [3.8, 4) is 0 Å². The fourth-order valence-electron chi connectivity index (χ4n) is 2.88. The van der Waals surface area contributed by atoms with Crippen molar-refractivity contribution in [1.82, 2.24) is 4.90 Å². The van der Waals surface area contributed by atoms with E-state index in [1.165, 1.54) is 23.3 Å². The predicted octanol–water partition coefficient (Wildman–Crippen LogP) is 3.33. The Balaban J connectivity index is 1.67. The van der Waals surface area contributed by atoms with Gasteiger partial charge in [0.25, 0.3) is 5.91 Å². The number of carbonyl (C=O) groups is 1. The van der Waals surface area contributed by atoms with Crippen molar-refractivity contribution in [3.63, 3.8) is 0 Å². The largest absolute Gasteiger partial charge is 0.338 e. The van der Waals surface area contributed by atoms with Crippen LogP contribution in [0.2, 0.25) is 0 Å². The summed E-state index contributed by atoms with van der Waals surface area (Å²) >= 11 is 7.59. The van der Waals surface area contributed by atoms with Crippen LogP contribution in [0.5, 0.6) is 0 Å². The van der Waals surface area contributed by atoms with E-state index in [0.29, 0.717) is 5.92 Å². The summed E-state index contributed by atoms with van der Waals surface area (Å²) in [6.07, 6.45) is 5.70. The number of aryl methyl sites for hydroxylation is 2. The molecule has 98 valence electrons. The van der Waals surface area contributed by atoms with Gasteiger partial charge in [-0.1, -0.05) is 0 Å². The second-order valence-corrected chi connectivity index (χ2v) is 6.75. The zero-order valence-electron chi connectivity index (χ0n) is 10.5. The van der Waals surface area contributed by atoms with E-state index >= 15 is 0 Å². The van der Waals surface area contributed by atoms with Gasteiger partial charge >= 0.3 is 0 Å². The molecule has 0 unspecified atom stereocenters. The van der Waals surface area contributed by atoms with Gasteiger partial charge < -0.3 is 4.90 Å². The summed E-state index contributed by atoms with van der Waals surface area (Å²) in [5.41, 5.74) is 1.42. The van der Waals surface area contributed by atoms with Gasteiger partial charge in [-0.05, 0) is 49.7 Å². The second-order valence-electron chi connectivity index (χ2n) is 5.30. The molecule has 1 saturated heterocycles. The van der Waals surface area contributed by atoms with E-state index in [4.69, 9.17) is 11.6 Å². The van der Waals surface area contributed by atoms with Crippen LogP contribution in [0.3, 0.4) is 0 Å². The first-order valence-corrected chi connectivity index (χ1v) is 8.10. The molecule has 2 aliphatic rings. The number of nitrogens with zero attached hydrogens (tertiary/aromatic N) is 1. The molecule has 18 heavy (non-hydrogen) atoms. The SMILES string of the molecule is O=C(c1cc2c(s1)CCC2)N1CCC(CCl)CC1. The number of hydrogen-bond acceptors (Lipinski definition) is 2. The maximum atomic E-state index is 12.4. The monoisotopic (exact) mass is 283 g/mol. The van der Waals surface area contributed by atoms with E-state index < -0.39 is 0 Å². The van der Waals surface area contributed by atoms with Crippen LogP contribution in [0, 0.1) is 5.92 Å². The molecule has 0 bridgehead atoms. The number of hydrogen-bond donors (Lipinski definition) is 0. The van der Waals surface area contributed by atoms with Crippen molar-refractivity contribution in [2.75, 3.05) is 19.0 Å². The molecule has 0 saturated carbocycles. The number of fused-ring (bicyclic) bond motifs is 1. The number of likely N-dealkylation sites (tertiary alicyclic amines) is 1. The Bertz CT molecular complexity index is 427. The molecule has 1 fully saturated rings.